The maximum Gasteiger partial charge on any atom is 0.331 e. The molecule has 2 heteroatoms. The Labute approximate surface area is 137 Å². The number of carbonyl (C=O) groups excluding carboxylic acids is 1. The second kappa shape index (κ2) is 12.3. The normalized spacial score (nSPS) is 14.9. The van der Waals surface area contributed by atoms with Gasteiger partial charge in [-0.05, 0) is 64.9 Å². The van der Waals surface area contributed by atoms with E-state index in [2.05, 4.69) is 39.8 Å². The Morgan fingerprint density at radius 1 is 1.05 bits per heavy atom. The maximum absolute atomic E-state index is 11.5. The second-order valence-corrected chi connectivity index (χ2v) is 5.96. The minimum absolute atomic E-state index is 0.250. The molecule has 0 aliphatic rings. The van der Waals surface area contributed by atoms with Crippen LogP contribution in [-0.2, 0) is 9.53 Å². The van der Waals surface area contributed by atoms with Crippen LogP contribution in [0.25, 0.3) is 0 Å². The fraction of sp³-hybridized carbons (Fsp3) is 0.650. The lowest BCUT2D eigenvalue weighted by Crippen LogP contribution is -2.01. The van der Waals surface area contributed by atoms with Gasteiger partial charge in [-0.15, -0.1) is 0 Å². The van der Waals surface area contributed by atoms with Gasteiger partial charge in [-0.3, -0.25) is 0 Å². The highest BCUT2D eigenvalue weighted by molar-refractivity contribution is 5.83. The first kappa shape index (κ1) is 20.7. The number of hydrogen-bond acceptors (Lipinski definition) is 2. The second-order valence-electron chi connectivity index (χ2n) is 5.96. The molecule has 0 N–H and O–H groups in total. The van der Waals surface area contributed by atoms with E-state index >= 15 is 0 Å². The van der Waals surface area contributed by atoms with Crippen molar-refractivity contribution in [3.63, 3.8) is 0 Å². The van der Waals surface area contributed by atoms with E-state index in [-0.39, 0.29) is 5.97 Å². The van der Waals surface area contributed by atoms with Crippen molar-refractivity contribution < 1.29 is 9.53 Å². The summed E-state index contributed by atoms with van der Waals surface area (Å²) in [7, 11) is 0. The number of esters is 1. The largest absolute Gasteiger partial charge is 0.463 e. The molecule has 1 atom stereocenters. The zero-order valence-corrected chi connectivity index (χ0v) is 15.4. The van der Waals surface area contributed by atoms with Gasteiger partial charge < -0.3 is 4.74 Å². The maximum atomic E-state index is 11.5. The molecule has 126 valence electrons. The lowest BCUT2D eigenvalue weighted by molar-refractivity contribution is -0.137. The molecule has 0 saturated heterocycles. The molecule has 0 aromatic carbocycles. The molecule has 0 radical (unpaired) electrons. The Morgan fingerprint density at radius 2 is 1.73 bits per heavy atom. The van der Waals surface area contributed by atoms with E-state index in [1.54, 1.807) is 6.08 Å². The molecule has 1 unspecified atom stereocenters. The summed E-state index contributed by atoms with van der Waals surface area (Å²) in [5.41, 5.74) is 3.65. The van der Waals surface area contributed by atoms with Gasteiger partial charge in [-0.1, -0.05) is 43.6 Å². The highest BCUT2D eigenvalue weighted by Crippen LogP contribution is 2.20. The summed E-state index contributed by atoms with van der Waals surface area (Å²) in [6, 6.07) is 0. The summed E-state index contributed by atoms with van der Waals surface area (Å²) in [6.07, 6.45) is 12.0. The minimum atomic E-state index is -0.250. The number of ether oxygens (including phenoxy) is 1. The summed E-state index contributed by atoms with van der Waals surface area (Å²) in [4.78, 5) is 11.5. The highest BCUT2D eigenvalue weighted by atomic mass is 16.5. The fourth-order valence-electron chi connectivity index (χ4n) is 2.18. The number of rotatable bonds is 10. The third-order valence-electron chi connectivity index (χ3n) is 4.20. The molecule has 0 rings (SSSR count). The number of hydrogen-bond donors (Lipinski definition) is 0. The minimum Gasteiger partial charge on any atom is -0.463 e. The Balaban J connectivity index is 4.47. The molecule has 0 aromatic rings. The Hall–Kier alpha value is -1.31. The molecular weight excluding hydrogens is 272 g/mol. The van der Waals surface area contributed by atoms with Gasteiger partial charge in [0.1, 0.15) is 0 Å². The monoisotopic (exact) mass is 306 g/mol. The fourth-order valence-corrected chi connectivity index (χ4v) is 2.18. The predicted octanol–water partition coefficient (Wildman–Crippen LogP) is 5.99. The van der Waals surface area contributed by atoms with E-state index in [1.165, 1.54) is 30.4 Å². The van der Waals surface area contributed by atoms with Crippen LogP contribution in [0.1, 0.15) is 73.6 Å². The van der Waals surface area contributed by atoms with E-state index in [0.29, 0.717) is 12.5 Å². The van der Waals surface area contributed by atoms with Gasteiger partial charge in [0.15, 0.2) is 0 Å². The van der Waals surface area contributed by atoms with Crippen LogP contribution in [0.3, 0.4) is 0 Å². The molecule has 2 nitrogen and oxygen atoms in total. The van der Waals surface area contributed by atoms with Gasteiger partial charge in [0.05, 0.1) is 6.61 Å². The van der Waals surface area contributed by atoms with E-state index < -0.39 is 0 Å². The van der Waals surface area contributed by atoms with Crippen LogP contribution in [0.4, 0.5) is 0 Å². The van der Waals surface area contributed by atoms with Crippen LogP contribution in [-0.4, -0.2) is 12.6 Å². The highest BCUT2D eigenvalue weighted by Gasteiger charge is 2.05. The zero-order chi connectivity index (χ0) is 17.0. The van der Waals surface area contributed by atoms with Crippen molar-refractivity contribution in [1.29, 1.82) is 0 Å². The molecule has 0 heterocycles. The summed E-state index contributed by atoms with van der Waals surface area (Å²) in [5, 5.41) is 0. The molecule has 0 amide bonds. The van der Waals surface area contributed by atoms with Crippen LogP contribution < -0.4 is 0 Å². The summed E-state index contributed by atoms with van der Waals surface area (Å²) in [5.74, 6) is 0.464. The van der Waals surface area contributed by atoms with Crippen molar-refractivity contribution in [2.24, 2.45) is 5.92 Å². The molecule has 0 saturated carbocycles. The molecule has 22 heavy (non-hydrogen) atoms. The van der Waals surface area contributed by atoms with Gasteiger partial charge in [-0.2, -0.15) is 0 Å². The van der Waals surface area contributed by atoms with Gasteiger partial charge in [0.25, 0.3) is 0 Å². The van der Waals surface area contributed by atoms with Crippen LogP contribution >= 0.6 is 0 Å². The van der Waals surface area contributed by atoms with E-state index in [0.717, 1.165) is 18.4 Å². The van der Waals surface area contributed by atoms with Crippen molar-refractivity contribution >= 4 is 5.97 Å². The van der Waals surface area contributed by atoms with Gasteiger partial charge in [-0.25, -0.2) is 4.79 Å². The zero-order valence-electron chi connectivity index (χ0n) is 15.4. The molecule has 0 aliphatic heterocycles. The SMILES string of the molecule is CCOC(=O)/C=C(C)/C(C)=C/CC(CC)CC/C=C(\C)CC. The van der Waals surface area contributed by atoms with Crippen molar-refractivity contribution in [3.8, 4) is 0 Å². The van der Waals surface area contributed by atoms with Gasteiger partial charge in [0, 0.05) is 6.08 Å². The molecule has 0 bridgehead atoms. The summed E-state index contributed by atoms with van der Waals surface area (Å²) < 4.78 is 4.95. The number of allylic oxidation sites excluding steroid dienone is 5. The smallest absolute Gasteiger partial charge is 0.331 e. The Kier molecular flexibility index (Phi) is 11.5. The Morgan fingerprint density at radius 3 is 2.27 bits per heavy atom. The van der Waals surface area contributed by atoms with Crippen molar-refractivity contribution in [3.05, 3.63) is 34.9 Å². The average molecular weight is 306 g/mol. The van der Waals surface area contributed by atoms with Gasteiger partial charge in [0.2, 0.25) is 0 Å². The molecular formula is C20H34O2. The lowest BCUT2D eigenvalue weighted by atomic mass is 9.94. The first-order chi connectivity index (χ1) is 10.4. The van der Waals surface area contributed by atoms with Crippen molar-refractivity contribution in [1.82, 2.24) is 0 Å². The average Bonchev–Trinajstić information content (AvgIpc) is 2.49. The topological polar surface area (TPSA) is 26.3 Å². The van der Waals surface area contributed by atoms with Crippen molar-refractivity contribution in [2.75, 3.05) is 6.61 Å². The predicted molar refractivity (Wildman–Crippen MR) is 95.8 cm³/mol. The number of carbonyl (C=O) groups is 1. The lowest BCUT2D eigenvalue weighted by Gasteiger charge is -2.12. The quantitative estimate of drug-likeness (QED) is 0.214. The van der Waals surface area contributed by atoms with E-state index in [4.69, 9.17) is 4.74 Å². The van der Waals surface area contributed by atoms with Crippen LogP contribution in [0.5, 0.6) is 0 Å². The van der Waals surface area contributed by atoms with Crippen LogP contribution in [0, 0.1) is 5.92 Å². The molecule has 0 aliphatic carbocycles. The third kappa shape index (κ3) is 9.59. The first-order valence-corrected chi connectivity index (χ1v) is 8.62. The van der Waals surface area contributed by atoms with Crippen LogP contribution in [0.2, 0.25) is 0 Å². The standard InChI is InChI=1S/C20H34O2/c1-7-16(4)11-10-12-19(8-2)14-13-17(5)18(6)15-20(21)22-9-3/h11,13,15,19H,7-10,12,14H2,1-6H3/b16-11+,17-13+,18-15+. The third-order valence-corrected chi connectivity index (χ3v) is 4.20. The van der Waals surface area contributed by atoms with E-state index in [9.17, 15) is 4.79 Å². The molecule has 0 fully saturated rings. The Bertz CT molecular complexity index is 413. The summed E-state index contributed by atoms with van der Waals surface area (Å²) in [6.45, 7) is 12.9. The molecule has 0 aromatic heterocycles. The summed E-state index contributed by atoms with van der Waals surface area (Å²) >= 11 is 0. The van der Waals surface area contributed by atoms with Gasteiger partial charge >= 0.3 is 5.97 Å². The van der Waals surface area contributed by atoms with E-state index in [1.807, 2.05) is 13.8 Å². The van der Waals surface area contributed by atoms with Crippen molar-refractivity contribution in [2.45, 2.75) is 73.6 Å². The molecule has 0 spiro atoms. The van der Waals surface area contributed by atoms with Crippen LogP contribution in [0.15, 0.2) is 34.9 Å². The first-order valence-electron chi connectivity index (χ1n) is 8.62.